The molecule has 3 fully saturated rings. The third-order valence-corrected chi connectivity index (χ3v) is 9.60. The van der Waals surface area contributed by atoms with Gasteiger partial charge in [-0.1, -0.05) is 52.5 Å². The highest BCUT2D eigenvalue weighted by Crippen LogP contribution is 2.57. The van der Waals surface area contributed by atoms with Gasteiger partial charge in [-0.2, -0.15) is 0 Å². The van der Waals surface area contributed by atoms with E-state index in [9.17, 15) is 14.7 Å². The monoisotopic (exact) mass is 520 g/mol. The van der Waals surface area contributed by atoms with Crippen molar-refractivity contribution in [3.05, 3.63) is 11.6 Å². The first kappa shape index (κ1) is 28.6. The van der Waals surface area contributed by atoms with E-state index in [2.05, 4.69) is 20.8 Å². The van der Waals surface area contributed by atoms with Crippen LogP contribution in [0, 0.1) is 29.6 Å². The van der Waals surface area contributed by atoms with Crippen molar-refractivity contribution in [2.24, 2.45) is 29.6 Å². The zero-order valence-electron chi connectivity index (χ0n) is 23.6. The molecule has 37 heavy (non-hydrogen) atoms. The van der Waals surface area contributed by atoms with E-state index in [0.29, 0.717) is 18.9 Å². The molecule has 4 aliphatic rings. The summed E-state index contributed by atoms with van der Waals surface area (Å²) in [5.41, 5.74) is -0.128. The molecule has 0 amide bonds. The van der Waals surface area contributed by atoms with Crippen LogP contribution in [0.4, 0.5) is 0 Å². The third-order valence-electron chi connectivity index (χ3n) is 9.60. The first-order valence-corrected chi connectivity index (χ1v) is 14.6. The van der Waals surface area contributed by atoms with Gasteiger partial charge in [0.1, 0.15) is 17.8 Å². The fourth-order valence-electron chi connectivity index (χ4n) is 7.49. The molecule has 1 unspecified atom stereocenters. The lowest BCUT2D eigenvalue weighted by molar-refractivity contribution is -0.204. The summed E-state index contributed by atoms with van der Waals surface area (Å²) in [6.45, 7) is 12.5. The molecule has 0 aromatic rings. The Balaban J connectivity index is 1.67. The number of aliphatic hydroxyl groups excluding tert-OH is 1. The smallest absolute Gasteiger partial charge is 0.306 e. The molecule has 3 heterocycles. The molecular weight excluding hydrogens is 472 g/mol. The van der Waals surface area contributed by atoms with Crippen LogP contribution in [0.2, 0.25) is 0 Å². The average Bonchev–Trinajstić information content (AvgIpc) is 3.18. The summed E-state index contributed by atoms with van der Waals surface area (Å²) in [6.07, 6.45) is 6.52. The van der Waals surface area contributed by atoms with E-state index < -0.39 is 17.8 Å². The van der Waals surface area contributed by atoms with Crippen molar-refractivity contribution < 1.29 is 33.6 Å². The van der Waals surface area contributed by atoms with E-state index in [1.807, 2.05) is 19.9 Å². The molecule has 210 valence electrons. The minimum atomic E-state index is -0.917. The number of aliphatic hydroxyl groups is 1. The summed E-state index contributed by atoms with van der Waals surface area (Å²) in [4.78, 5) is 25.1. The number of hydrogen-bond donors (Lipinski definition) is 1. The van der Waals surface area contributed by atoms with Crippen molar-refractivity contribution in [3.8, 4) is 0 Å². The van der Waals surface area contributed by atoms with Gasteiger partial charge in [0, 0.05) is 31.6 Å². The quantitative estimate of drug-likeness (QED) is 0.274. The van der Waals surface area contributed by atoms with Gasteiger partial charge in [-0.15, -0.1) is 0 Å². The van der Waals surface area contributed by atoms with Crippen LogP contribution in [-0.2, 0) is 28.5 Å². The third kappa shape index (κ3) is 5.79. The summed E-state index contributed by atoms with van der Waals surface area (Å²) in [6, 6.07) is 0. The molecule has 0 spiro atoms. The molecule has 2 bridgehead atoms. The molecule has 4 rings (SSSR count). The molecule has 1 aliphatic carbocycles. The molecule has 0 aromatic carbocycles. The number of rotatable bonds is 8. The number of unbranched alkanes of at least 4 members (excludes halogenated alkanes) is 4. The van der Waals surface area contributed by atoms with Crippen molar-refractivity contribution >= 4 is 11.9 Å². The second kappa shape index (κ2) is 11.7. The number of esters is 2. The molecule has 1 saturated carbocycles. The van der Waals surface area contributed by atoms with Gasteiger partial charge in [0.05, 0.1) is 24.9 Å². The van der Waals surface area contributed by atoms with Crippen LogP contribution in [-0.4, -0.2) is 59.8 Å². The summed E-state index contributed by atoms with van der Waals surface area (Å²) >= 11 is 0. The lowest BCUT2D eigenvalue weighted by atomic mass is 9.59. The van der Waals surface area contributed by atoms with Crippen LogP contribution in [0.5, 0.6) is 0 Å². The van der Waals surface area contributed by atoms with Crippen molar-refractivity contribution in [3.63, 3.8) is 0 Å². The SMILES string of the molecule is CCCCCCCC(=O)O[C@@H]1C[C@@H](O)/C(C)=C\C2O[C@H]3[C@H]4[C@@H](C[C@@H](C)[C@@H](OC(C)=O)[C@@H]24)[C@@H](C)CO[C@@]13C. The van der Waals surface area contributed by atoms with Crippen molar-refractivity contribution in [2.75, 3.05) is 6.61 Å². The van der Waals surface area contributed by atoms with Gasteiger partial charge in [0.15, 0.2) is 0 Å². The molecular formula is C30H48O7. The van der Waals surface area contributed by atoms with Crippen molar-refractivity contribution in [1.29, 1.82) is 0 Å². The minimum absolute atomic E-state index is 0.0405. The largest absolute Gasteiger partial charge is 0.462 e. The number of carbonyl (C=O) groups excluding carboxylic acids is 2. The van der Waals surface area contributed by atoms with Gasteiger partial charge in [0.25, 0.3) is 0 Å². The van der Waals surface area contributed by atoms with E-state index in [0.717, 1.165) is 37.7 Å². The summed E-state index contributed by atoms with van der Waals surface area (Å²) < 4.78 is 25.6. The van der Waals surface area contributed by atoms with Crippen LogP contribution in [0.1, 0.15) is 92.9 Å². The van der Waals surface area contributed by atoms with Gasteiger partial charge in [-0.05, 0) is 50.0 Å². The lowest BCUT2D eigenvalue weighted by Gasteiger charge is -2.47. The van der Waals surface area contributed by atoms with Crippen LogP contribution in [0.25, 0.3) is 0 Å². The number of carbonyl (C=O) groups is 2. The highest BCUT2D eigenvalue weighted by molar-refractivity contribution is 5.69. The van der Waals surface area contributed by atoms with Gasteiger partial charge in [-0.3, -0.25) is 9.59 Å². The Morgan fingerprint density at radius 2 is 1.81 bits per heavy atom. The first-order valence-electron chi connectivity index (χ1n) is 14.6. The Hall–Kier alpha value is -1.44. The molecule has 0 aromatic heterocycles. The number of hydrogen-bond acceptors (Lipinski definition) is 7. The van der Waals surface area contributed by atoms with Crippen LogP contribution in [0.3, 0.4) is 0 Å². The maximum Gasteiger partial charge on any atom is 0.306 e. The lowest BCUT2D eigenvalue weighted by Crippen LogP contribution is -2.57. The Bertz CT molecular complexity index is 855. The predicted octanol–water partition coefficient (Wildman–Crippen LogP) is 4.98. The number of fused-ring (bicyclic) bond motifs is 2. The molecule has 0 radical (unpaired) electrons. The van der Waals surface area contributed by atoms with Gasteiger partial charge < -0.3 is 24.1 Å². The van der Waals surface area contributed by atoms with Crippen LogP contribution in [0.15, 0.2) is 11.6 Å². The minimum Gasteiger partial charge on any atom is -0.462 e. The van der Waals surface area contributed by atoms with E-state index >= 15 is 0 Å². The summed E-state index contributed by atoms with van der Waals surface area (Å²) in [5.74, 6) is 0.354. The van der Waals surface area contributed by atoms with E-state index in [-0.39, 0.29) is 60.3 Å². The highest BCUT2D eigenvalue weighted by Gasteiger charge is 2.65. The standard InChI is InChI=1S/C30H48O7/c1-7-8-9-10-11-12-25(33)37-24-15-22(32)17(2)14-23-27-26-21(13-18(3)28(27)35-20(5)31)19(4)16-34-30(24,6)29(26)36-23/h14,18-19,21-24,26-29,32H,7-13,15-16H2,1-6H3/b17-14-/t18-,19+,21+,22-,23?,24-,26+,27+,28-,29+,30+/m1/s1. The Kier molecular flexibility index (Phi) is 9.07. The van der Waals surface area contributed by atoms with Gasteiger partial charge in [0.2, 0.25) is 0 Å². The maximum atomic E-state index is 13.0. The van der Waals surface area contributed by atoms with Crippen molar-refractivity contribution in [1.82, 2.24) is 0 Å². The van der Waals surface area contributed by atoms with E-state index in [1.165, 1.54) is 13.3 Å². The first-order chi connectivity index (χ1) is 17.6. The number of ether oxygens (including phenoxy) is 4. The summed E-state index contributed by atoms with van der Waals surface area (Å²) in [7, 11) is 0. The zero-order chi connectivity index (χ0) is 26.9. The second-order valence-electron chi connectivity index (χ2n) is 12.4. The van der Waals surface area contributed by atoms with E-state index in [1.54, 1.807) is 0 Å². The van der Waals surface area contributed by atoms with E-state index in [4.69, 9.17) is 18.9 Å². The molecule has 7 nitrogen and oxygen atoms in total. The normalized spacial score (nSPS) is 44.5. The van der Waals surface area contributed by atoms with Crippen LogP contribution >= 0.6 is 0 Å². The summed E-state index contributed by atoms with van der Waals surface area (Å²) in [5, 5.41) is 11.2. The van der Waals surface area contributed by atoms with Crippen LogP contribution < -0.4 is 0 Å². The Labute approximate surface area is 222 Å². The zero-order valence-corrected chi connectivity index (χ0v) is 23.6. The van der Waals surface area contributed by atoms with Gasteiger partial charge in [-0.25, -0.2) is 0 Å². The second-order valence-corrected chi connectivity index (χ2v) is 12.4. The fourth-order valence-corrected chi connectivity index (χ4v) is 7.49. The molecule has 11 atom stereocenters. The Morgan fingerprint density at radius 1 is 1.08 bits per heavy atom. The van der Waals surface area contributed by atoms with Gasteiger partial charge >= 0.3 is 11.9 Å². The van der Waals surface area contributed by atoms with Crippen molar-refractivity contribution in [2.45, 2.75) is 129 Å². The highest BCUT2D eigenvalue weighted by atomic mass is 16.6. The Morgan fingerprint density at radius 3 is 2.51 bits per heavy atom. The molecule has 2 saturated heterocycles. The molecule has 1 N–H and O–H groups in total. The molecule has 3 aliphatic heterocycles. The maximum absolute atomic E-state index is 13.0. The average molecular weight is 521 g/mol. The predicted molar refractivity (Wildman–Crippen MR) is 140 cm³/mol. The topological polar surface area (TPSA) is 91.3 Å². The fraction of sp³-hybridized carbons (Fsp3) is 0.867. The molecule has 7 heteroatoms.